The van der Waals surface area contributed by atoms with Gasteiger partial charge in [0, 0.05) is 4.88 Å². The van der Waals surface area contributed by atoms with Crippen LogP contribution in [0.25, 0.3) is 0 Å². The molecule has 1 saturated carbocycles. The molecule has 1 fully saturated rings. The molecule has 1 amide bonds. The van der Waals surface area contributed by atoms with Gasteiger partial charge < -0.3 is 15.2 Å². The Balaban J connectivity index is 1.90. The van der Waals surface area contributed by atoms with Crippen LogP contribution in [0, 0.1) is 23.2 Å². The molecule has 2 aliphatic rings. The zero-order chi connectivity index (χ0) is 22.8. The quantitative estimate of drug-likeness (QED) is 0.551. The fraction of sp³-hybridized carbons (Fsp3) is 0.708. The summed E-state index contributed by atoms with van der Waals surface area (Å²) in [5.74, 6) is -2.31. The Labute approximate surface area is 188 Å². The maximum atomic E-state index is 13.1. The van der Waals surface area contributed by atoms with Crippen LogP contribution in [0.3, 0.4) is 0 Å². The van der Waals surface area contributed by atoms with E-state index in [0.29, 0.717) is 29.3 Å². The van der Waals surface area contributed by atoms with Gasteiger partial charge in [0.1, 0.15) is 5.00 Å². The van der Waals surface area contributed by atoms with Crippen LogP contribution < -0.4 is 5.32 Å². The molecule has 0 unspecified atom stereocenters. The lowest BCUT2D eigenvalue weighted by atomic mass is 9.69. The van der Waals surface area contributed by atoms with Crippen molar-refractivity contribution in [1.82, 2.24) is 0 Å². The minimum Gasteiger partial charge on any atom is -0.481 e. The van der Waals surface area contributed by atoms with Crippen molar-refractivity contribution < 1.29 is 24.2 Å². The molecule has 0 bridgehead atoms. The summed E-state index contributed by atoms with van der Waals surface area (Å²) in [6, 6.07) is 0. The third-order valence-electron chi connectivity index (χ3n) is 7.42. The fourth-order valence-electron chi connectivity index (χ4n) is 4.99. The van der Waals surface area contributed by atoms with E-state index in [1.54, 1.807) is 6.92 Å². The predicted octanol–water partition coefficient (Wildman–Crippen LogP) is 5.30. The minimum absolute atomic E-state index is 0.214. The second kappa shape index (κ2) is 9.72. The summed E-state index contributed by atoms with van der Waals surface area (Å²) in [5, 5.41) is 13.0. The van der Waals surface area contributed by atoms with Crippen molar-refractivity contribution in [2.24, 2.45) is 23.2 Å². The lowest BCUT2D eigenvalue weighted by Crippen LogP contribution is -2.36. The number of anilines is 1. The van der Waals surface area contributed by atoms with Crippen molar-refractivity contribution in [2.75, 3.05) is 11.9 Å². The molecule has 0 aromatic carbocycles. The largest absolute Gasteiger partial charge is 0.481 e. The number of carboxylic acids is 1. The molecule has 1 heterocycles. The summed E-state index contributed by atoms with van der Waals surface area (Å²) in [6.07, 6.45) is 6.55. The minimum atomic E-state index is -0.916. The van der Waals surface area contributed by atoms with E-state index in [4.69, 9.17) is 4.74 Å². The van der Waals surface area contributed by atoms with Crippen molar-refractivity contribution in [3.05, 3.63) is 16.0 Å². The number of hydrogen-bond acceptors (Lipinski definition) is 5. The van der Waals surface area contributed by atoms with Gasteiger partial charge in [-0.3, -0.25) is 9.59 Å². The SMILES string of the molecule is CCOC(=O)c1c(NC(=O)[C@H]2CCCC[C@@H]2C(=O)O)sc2c1CC[C@@H](C(C)(C)CC)C2. The van der Waals surface area contributed by atoms with Gasteiger partial charge in [-0.2, -0.15) is 0 Å². The smallest absolute Gasteiger partial charge is 0.341 e. The summed E-state index contributed by atoms with van der Waals surface area (Å²) in [7, 11) is 0. The maximum Gasteiger partial charge on any atom is 0.341 e. The van der Waals surface area contributed by atoms with Gasteiger partial charge >= 0.3 is 11.9 Å². The monoisotopic (exact) mass is 449 g/mol. The Bertz CT molecular complexity index is 843. The molecule has 2 aliphatic carbocycles. The van der Waals surface area contributed by atoms with Gasteiger partial charge in [0.25, 0.3) is 0 Å². The molecule has 0 spiro atoms. The molecule has 0 radical (unpaired) electrons. The Hall–Kier alpha value is -1.89. The van der Waals surface area contributed by atoms with Gasteiger partial charge in [-0.25, -0.2) is 4.79 Å². The van der Waals surface area contributed by atoms with E-state index in [0.717, 1.165) is 49.0 Å². The number of thiophene rings is 1. The van der Waals surface area contributed by atoms with Crippen LogP contribution in [0.5, 0.6) is 0 Å². The number of aliphatic carboxylic acids is 1. The predicted molar refractivity (Wildman–Crippen MR) is 122 cm³/mol. The van der Waals surface area contributed by atoms with E-state index in [1.165, 1.54) is 11.3 Å². The van der Waals surface area contributed by atoms with E-state index in [-0.39, 0.29) is 17.9 Å². The van der Waals surface area contributed by atoms with Crippen molar-refractivity contribution in [3.8, 4) is 0 Å². The van der Waals surface area contributed by atoms with E-state index in [9.17, 15) is 19.5 Å². The number of carbonyl (C=O) groups excluding carboxylic acids is 2. The molecule has 31 heavy (non-hydrogen) atoms. The lowest BCUT2D eigenvalue weighted by molar-refractivity contribution is -0.147. The van der Waals surface area contributed by atoms with Crippen LogP contribution in [0.1, 0.15) is 87.0 Å². The van der Waals surface area contributed by atoms with E-state index in [1.807, 2.05) is 0 Å². The number of esters is 1. The average Bonchev–Trinajstić information content (AvgIpc) is 3.10. The molecule has 172 valence electrons. The highest BCUT2D eigenvalue weighted by Crippen LogP contribution is 2.46. The fourth-order valence-corrected chi connectivity index (χ4v) is 6.31. The summed E-state index contributed by atoms with van der Waals surface area (Å²) >= 11 is 1.47. The molecule has 2 N–H and O–H groups in total. The number of hydrogen-bond donors (Lipinski definition) is 2. The lowest BCUT2D eigenvalue weighted by Gasteiger charge is -2.36. The maximum absolute atomic E-state index is 13.1. The van der Waals surface area contributed by atoms with Gasteiger partial charge in [0.15, 0.2) is 0 Å². The highest BCUT2D eigenvalue weighted by atomic mass is 32.1. The van der Waals surface area contributed by atoms with E-state index in [2.05, 4.69) is 26.1 Å². The molecule has 6 nitrogen and oxygen atoms in total. The zero-order valence-electron chi connectivity index (χ0n) is 19.1. The number of ether oxygens (including phenoxy) is 1. The number of nitrogens with one attached hydrogen (secondary N) is 1. The molecule has 3 rings (SSSR count). The average molecular weight is 450 g/mol. The second-order valence-corrected chi connectivity index (χ2v) is 10.6. The van der Waals surface area contributed by atoms with Crippen LogP contribution in [-0.2, 0) is 27.2 Å². The first-order chi connectivity index (χ1) is 14.7. The van der Waals surface area contributed by atoms with E-state index >= 15 is 0 Å². The topological polar surface area (TPSA) is 92.7 Å². The number of carboxylic acid groups (broad SMARTS) is 1. The molecule has 0 saturated heterocycles. The van der Waals surface area contributed by atoms with Gasteiger partial charge in [-0.05, 0) is 55.9 Å². The summed E-state index contributed by atoms with van der Waals surface area (Å²) in [4.78, 5) is 38.7. The van der Waals surface area contributed by atoms with Crippen LogP contribution in [0.15, 0.2) is 0 Å². The van der Waals surface area contributed by atoms with Crippen molar-refractivity contribution in [2.45, 2.75) is 79.1 Å². The molecule has 3 atom stereocenters. The Morgan fingerprint density at radius 3 is 2.42 bits per heavy atom. The Morgan fingerprint density at radius 1 is 1.13 bits per heavy atom. The highest BCUT2D eigenvalue weighted by Gasteiger charge is 2.38. The molecule has 1 aromatic heterocycles. The zero-order valence-corrected chi connectivity index (χ0v) is 19.9. The van der Waals surface area contributed by atoms with Gasteiger partial charge in [0.2, 0.25) is 5.91 Å². The Morgan fingerprint density at radius 2 is 1.81 bits per heavy atom. The van der Waals surface area contributed by atoms with Gasteiger partial charge in [-0.1, -0.05) is 40.0 Å². The first kappa shape index (κ1) is 23.8. The van der Waals surface area contributed by atoms with Crippen LogP contribution >= 0.6 is 11.3 Å². The Kier molecular flexibility index (Phi) is 7.45. The highest BCUT2D eigenvalue weighted by molar-refractivity contribution is 7.17. The molecule has 0 aliphatic heterocycles. The summed E-state index contributed by atoms with van der Waals surface area (Å²) in [5.41, 5.74) is 1.69. The molecular formula is C24H35NO5S. The third kappa shape index (κ3) is 4.97. The summed E-state index contributed by atoms with van der Waals surface area (Å²) in [6.45, 7) is 8.84. The van der Waals surface area contributed by atoms with Gasteiger partial charge in [0.05, 0.1) is 24.0 Å². The number of carbonyl (C=O) groups is 3. The molecule has 7 heteroatoms. The first-order valence-corrected chi connectivity index (χ1v) is 12.4. The van der Waals surface area contributed by atoms with Gasteiger partial charge in [-0.15, -0.1) is 11.3 Å². The molecule has 1 aromatic rings. The third-order valence-corrected chi connectivity index (χ3v) is 8.59. The van der Waals surface area contributed by atoms with Crippen LogP contribution in [0.4, 0.5) is 5.00 Å². The normalized spacial score (nSPS) is 23.7. The van der Waals surface area contributed by atoms with E-state index < -0.39 is 23.8 Å². The second-order valence-electron chi connectivity index (χ2n) is 9.54. The number of rotatable bonds is 7. The van der Waals surface area contributed by atoms with Crippen molar-refractivity contribution in [3.63, 3.8) is 0 Å². The number of amides is 1. The van der Waals surface area contributed by atoms with Crippen molar-refractivity contribution >= 4 is 34.2 Å². The van der Waals surface area contributed by atoms with Crippen LogP contribution in [-0.4, -0.2) is 29.6 Å². The summed E-state index contributed by atoms with van der Waals surface area (Å²) < 4.78 is 5.32. The standard InChI is InChI=1S/C24H35NO5S/c1-5-24(3,4)14-11-12-17-18(13-14)31-21(19(17)23(29)30-6-2)25-20(26)15-9-7-8-10-16(15)22(27)28/h14-16H,5-13H2,1-4H3,(H,25,26)(H,27,28)/t14-,15+,16+/m1/s1. The van der Waals surface area contributed by atoms with Crippen molar-refractivity contribution in [1.29, 1.82) is 0 Å². The molecular weight excluding hydrogens is 414 g/mol. The first-order valence-electron chi connectivity index (χ1n) is 11.5. The van der Waals surface area contributed by atoms with Crippen LogP contribution in [0.2, 0.25) is 0 Å². The number of fused-ring (bicyclic) bond motifs is 1.